The molecule has 0 fully saturated rings. The summed E-state index contributed by atoms with van der Waals surface area (Å²) < 4.78 is 19.6. The number of nitrogens with zero attached hydrogens (tertiary/aromatic N) is 1. The van der Waals surface area contributed by atoms with Gasteiger partial charge in [0.25, 0.3) is 0 Å². The number of anilines is 2. The van der Waals surface area contributed by atoms with Crippen LogP contribution in [-0.4, -0.2) is 23.2 Å². The second kappa shape index (κ2) is 8.03. The molecule has 1 aromatic heterocycles. The van der Waals surface area contributed by atoms with Crippen LogP contribution in [-0.2, 0) is 11.3 Å². The topological polar surface area (TPSA) is 89.3 Å². The minimum atomic E-state index is -0.602. The molecule has 0 unspecified atom stereocenters. The number of nitrogens with two attached hydrogens (primary N) is 1. The summed E-state index contributed by atoms with van der Waals surface area (Å²) in [7, 11) is 0. The van der Waals surface area contributed by atoms with Crippen LogP contribution in [0.25, 0.3) is 11.1 Å². The number of nitrogens with one attached hydrogen (secondary N) is 2. The molecule has 1 amide bonds. The van der Waals surface area contributed by atoms with Crippen molar-refractivity contribution in [2.24, 2.45) is 0 Å². The van der Waals surface area contributed by atoms with Crippen LogP contribution in [0, 0.1) is 5.82 Å². The zero-order valence-corrected chi connectivity index (χ0v) is 15.5. The van der Waals surface area contributed by atoms with E-state index in [4.69, 9.17) is 10.5 Å². The highest BCUT2D eigenvalue weighted by Gasteiger charge is 2.16. The fraction of sp³-hybridized carbons (Fsp3) is 0.368. The Balaban J connectivity index is 2.15. The largest absolute Gasteiger partial charge is 0.444 e. The zero-order valence-electron chi connectivity index (χ0n) is 15.5. The summed E-state index contributed by atoms with van der Waals surface area (Å²) in [5.74, 6) is 0.140. The molecule has 1 heterocycles. The predicted octanol–water partition coefficient (Wildman–Crippen LogP) is 3.93. The van der Waals surface area contributed by atoms with Gasteiger partial charge < -0.3 is 21.1 Å². The third kappa shape index (κ3) is 5.08. The van der Waals surface area contributed by atoms with Gasteiger partial charge in [-0.15, -0.1) is 0 Å². The summed E-state index contributed by atoms with van der Waals surface area (Å²) in [6.07, 6.45) is 1.04. The van der Waals surface area contributed by atoms with Crippen molar-refractivity contribution in [2.45, 2.75) is 39.8 Å². The number of rotatable bonds is 5. The first kappa shape index (κ1) is 19.5. The Bertz CT molecular complexity index is 788. The van der Waals surface area contributed by atoms with Gasteiger partial charge in [0.05, 0.1) is 5.69 Å². The second-order valence-electron chi connectivity index (χ2n) is 6.81. The third-order valence-corrected chi connectivity index (χ3v) is 3.52. The first-order chi connectivity index (χ1) is 12.2. The molecule has 7 heteroatoms. The number of aromatic nitrogens is 1. The van der Waals surface area contributed by atoms with Crippen molar-refractivity contribution in [3.05, 3.63) is 41.8 Å². The van der Waals surface area contributed by atoms with E-state index in [9.17, 15) is 9.18 Å². The van der Waals surface area contributed by atoms with Crippen molar-refractivity contribution in [1.29, 1.82) is 0 Å². The Morgan fingerprint density at radius 1 is 1.31 bits per heavy atom. The third-order valence-electron chi connectivity index (χ3n) is 3.52. The highest BCUT2D eigenvalue weighted by atomic mass is 19.1. The van der Waals surface area contributed by atoms with Gasteiger partial charge in [0.1, 0.15) is 17.2 Å². The first-order valence-electron chi connectivity index (χ1n) is 8.45. The zero-order chi connectivity index (χ0) is 19.3. The number of benzene rings is 1. The van der Waals surface area contributed by atoms with Crippen molar-refractivity contribution in [3.8, 4) is 11.1 Å². The highest BCUT2D eigenvalue weighted by Crippen LogP contribution is 2.31. The number of carbonyl (C=O) groups is 1. The van der Waals surface area contributed by atoms with E-state index in [0.29, 0.717) is 34.7 Å². The molecule has 0 aliphatic heterocycles. The van der Waals surface area contributed by atoms with Crippen LogP contribution in [0.5, 0.6) is 0 Å². The Morgan fingerprint density at radius 2 is 2.04 bits per heavy atom. The lowest BCUT2D eigenvalue weighted by Gasteiger charge is -2.19. The minimum Gasteiger partial charge on any atom is -0.444 e. The molecule has 4 N–H and O–H groups in total. The molecule has 0 aliphatic carbocycles. The van der Waals surface area contributed by atoms with E-state index in [2.05, 4.69) is 15.6 Å². The molecular formula is C19H25FN4O2. The van der Waals surface area contributed by atoms with Crippen molar-refractivity contribution >= 4 is 17.6 Å². The van der Waals surface area contributed by atoms with Crippen LogP contribution in [0.15, 0.2) is 30.5 Å². The molecule has 6 nitrogen and oxygen atoms in total. The van der Waals surface area contributed by atoms with Crippen LogP contribution in [0.3, 0.4) is 0 Å². The number of carbonyl (C=O) groups excluding carboxylic acids is 1. The Morgan fingerprint density at radius 3 is 2.65 bits per heavy atom. The number of pyridine rings is 1. The summed E-state index contributed by atoms with van der Waals surface area (Å²) in [6.45, 7) is 7.97. The summed E-state index contributed by atoms with van der Waals surface area (Å²) >= 11 is 0. The average Bonchev–Trinajstić information content (AvgIpc) is 2.54. The van der Waals surface area contributed by atoms with Crippen molar-refractivity contribution in [3.63, 3.8) is 0 Å². The number of amides is 1. The summed E-state index contributed by atoms with van der Waals surface area (Å²) in [5.41, 5.74) is 7.69. The molecule has 26 heavy (non-hydrogen) atoms. The average molecular weight is 360 g/mol. The lowest BCUT2D eigenvalue weighted by Crippen LogP contribution is -2.32. The molecule has 0 saturated heterocycles. The Hall–Kier alpha value is -2.83. The molecule has 1 aromatic carbocycles. The van der Waals surface area contributed by atoms with E-state index in [1.54, 1.807) is 45.2 Å². The minimum absolute atomic E-state index is 0.0372. The Labute approximate surface area is 153 Å². The van der Waals surface area contributed by atoms with Crippen LogP contribution in [0.4, 0.5) is 20.7 Å². The summed E-state index contributed by atoms with van der Waals surface area (Å²) in [6, 6.07) is 6.52. The van der Waals surface area contributed by atoms with Crippen molar-refractivity contribution in [1.82, 2.24) is 10.3 Å². The first-order valence-corrected chi connectivity index (χ1v) is 8.45. The normalized spacial score (nSPS) is 11.1. The molecule has 2 rings (SSSR count). The van der Waals surface area contributed by atoms with Gasteiger partial charge in [-0.1, -0.05) is 12.1 Å². The quantitative estimate of drug-likeness (QED) is 0.752. The summed E-state index contributed by atoms with van der Waals surface area (Å²) in [5, 5.41) is 5.62. The van der Waals surface area contributed by atoms with Gasteiger partial charge in [0, 0.05) is 30.4 Å². The molecule has 140 valence electrons. The SMILES string of the molecule is CCNc1nccc(-c2ccc(CNC(=O)OC(C)(C)C)c(F)c2)c1N. The lowest BCUT2D eigenvalue weighted by molar-refractivity contribution is 0.0523. The molecule has 2 aromatic rings. The van der Waals surface area contributed by atoms with Crippen LogP contribution in [0.1, 0.15) is 33.3 Å². The van der Waals surface area contributed by atoms with Gasteiger partial charge in [-0.3, -0.25) is 0 Å². The van der Waals surface area contributed by atoms with Crippen molar-refractivity contribution in [2.75, 3.05) is 17.6 Å². The van der Waals surface area contributed by atoms with Crippen LogP contribution < -0.4 is 16.4 Å². The highest BCUT2D eigenvalue weighted by molar-refractivity contribution is 5.83. The number of hydrogen-bond acceptors (Lipinski definition) is 5. The number of nitrogen functional groups attached to an aromatic ring is 1. The smallest absolute Gasteiger partial charge is 0.407 e. The van der Waals surface area contributed by atoms with E-state index in [1.807, 2.05) is 6.92 Å². The Kier molecular flexibility index (Phi) is 6.02. The summed E-state index contributed by atoms with van der Waals surface area (Å²) in [4.78, 5) is 15.9. The van der Waals surface area contributed by atoms with E-state index < -0.39 is 17.5 Å². The fourth-order valence-corrected chi connectivity index (χ4v) is 2.37. The predicted molar refractivity (Wildman–Crippen MR) is 101 cm³/mol. The number of hydrogen-bond donors (Lipinski definition) is 3. The van der Waals surface area contributed by atoms with Crippen molar-refractivity contribution < 1.29 is 13.9 Å². The number of alkyl carbamates (subject to hydrolysis) is 1. The maximum Gasteiger partial charge on any atom is 0.407 e. The molecule has 0 bridgehead atoms. The van der Waals surface area contributed by atoms with Gasteiger partial charge in [-0.05, 0) is 45.4 Å². The maximum absolute atomic E-state index is 14.4. The van der Waals surface area contributed by atoms with Crippen LogP contribution >= 0.6 is 0 Å². The van der Waals surface area contributed by atoms with Gasteiger partial charge in [0.2, 0.25) is 0 Å². The maximum atomic E-state index is 14.4. The fourth-order valence-electron chi connectivity index (χ4n) is 2.37. The van der Waals surface area contributed by atoms with E-state index in [-0.39, 0.29) is 6.54 Å². The molecule has 0 spiro atoms. The van der Waals surface area contributed by atoms with E-state index >= 15 is 0 Å². The van der Waals surface area contributed by atoms with Gasteiger partial charge in [-0.25, -0.2) is 14.2 Å². The van der Waals surface area contributed by atoms with Gasteiger partial charge in [0.15, 0.2) is 0 Å². The standard InChI is InChI=1S/C19H25FN4O2/c1-5-22-17-16(21)14(8-9-23-17)12-6-7-13(15(20)10-12)11-24-18(25)26-19(2,3)4/h6-10H,5,11,21H2,1-4H3,(H,22,23)(H,24,25). The monoisotopic (exact) mass is 360 g/mol. The van der Waals surface area contributed by atoms with Gasteiger partial charge in [-0.2, -0.15) is 0 Å². The van der Waals surface area contributed by atoms with E-state index in [0.717, 1.165) is 0 Å². The van der Waals surface area contributed by atoms with E-state index in [1.165, 1.54) is 6.07 Å². The molecule has 0 saturated carbocycles. The number of halogens is 1. The number of ether oxygens (including phenoxy) is 1. The van der Waals surface area contributed by atoms with Crippen LogP contribution in [0.2, 0.25) is 0 Å². The van der Waals surface area contributed by atoms with Gasteiger partial charge >= 0.3 is 6.09 Å². The molecular weight excluding hydrogens is 335 g/mol. The molecule has 0 atom stereocenters. The molecule has 0 radical (unpaired) electrons. The second-order valence-corrected chi connectivity index (χ2v) is 6.81. The lowest BCUT2D eigenvalue weighted by atomic mass is 10.0. The molecule has 0 aliphatic rings.